The van der Waals surface area contributed by atoms with Gasteiger partial charge in [-0.05, 0) is 12.0 Å². The number of unbranched alkanes of at least 4 members (excludes halogenated alkanes) is 2. The molecule has 0 saturated heterocycles. The Bertz CT molecular complexity index is 302. The zero-order chi connectivity index (χ0) is 12.6. The Labute approximate surface area is 104 Å². The highest BCUT2D eigenvalue weighted by Gasteiger charge is 2.26. The molecule has 3 nitrogen and oxygen atoms in total. The Morgan fingerprint density at radius 2 is 1.94 bits per heavy atom. The van der Waals surface area contributed by atoms with E-state index in [0.717, 1.165) is 12.0 Å². The summed E-state index contributed by atoms with van der Waals surface area (Å²) in [5, 5.41) is 9.44. The maximum Gasteiger partial charge on any atom is 0.0881 e. The summed E-state index contributed by atoms with van der Waals surface area (Å²) < 4.78 is 5.56. The van der Waals surface area contributed by atoms with Crippen molar-refractivity contribution in [2.75, 3.05) is 19.8 Å². The third-order valence-corrected chi connectivity index (χ3v) is 2.88. The second kappa shape index (κ2) is 7.43. The van der Waals surface area contributed by atoms with Crippen LogP contribution in [-0.2, 0) is 10.3 Å². The molecule has 0 bridgehead atoms. The fraction of sp³-hybridized carbons (Fsp3) is 0.571. The van der Waals surface area contributed by atoms with Crippen LogP contribution in [0.5, 0.6) is 0 Å². The van der Waals surface area contributed by atoms with Crippen LogP contribution in [-0.4, -0.2) is 24.9 Å². The van der Waals surface area contributed by atoms with Crippen LogP contribution in [0.15, 0.2) is 30.3 Å². The molecule has 17 heavy (non-hydrogen) atoms. The van der Waals surface area contributed by atoms with E-state index in [9.17, 15) is 5.11 Å². The van der Waals surface area contributed by atoms with Gasteiger partial charge in [-0.2, -0.15) is 0 Å². The first kappa shape index (κ1) is 14.2. The Kier molecular flexibility index (Phi) is 6.19. The third-order valence-electron chi connectivity index (χ3n) is 2.88. The quantitative estimate of drug-likeness (QED) is 0.680. The molecule has 1 rings (SSSR count). The topological polar surface area (TPSA) is 55.5 Å². The summed E-state index contributed by atoms with van der Waals surface area (Å²) in [6.45, 7) is 3.12. The fourth-order valence-corrected chi connectivity index (χ4v) is 1.70. The van der Waals surface area contributed by atoms with E-state index in [1.54, 1.807) is 0 Å². The molecule has 1 aromatic carbocycles. The maximum absolute atomic E-state index is 9.44. The summed E-state index contributed by atoms with van der Waals surface area (Å²) in [6, 6.07) is 9.62. The summed E-state index contributed by atoms with van der Waals surface area (Å²) in [5.74, 6) is 0. The van der Waals surface area contributed by atoms with E-state index in [0.29, 0.717) is 13.2 Å². The molecule has 1 unspecified atom stereocenters. The molecular formula is C14H23NO2. The second-order valence-electron chi connectivity index (χ2n) is 4.44. The number of aliphatic hydroxyl groups excluding tert-OH is 1. The van der Waals surface area contributed by atoms with Crippen molar-refractivity contribution < 1.29 is 9.84 Å². The van der Waals surface area contributed by atoms with Crippen LogP contribution >= 0.6 is 0 Å². The molecule has 0 fully saturated rings. The van der Waals surface area contributed by atoms with Crippen LogP contribution < -0.4 is 5.73 Å². The molecule has 0 radical (unpaired) electrons. The van der Waals surface area contributed by atoms with E-state index < -0.39 is 5.54 Å². The molecule has 0 heterocycles. The van der Waals surface area contributed by atoms with E-state index in [-0.39, 0.29) is 6.61 Å². The molecule has 0 aliphatic heterocycles. The monoisotopic (exact) mass is 237 g/mol. The Hall–Kier alpha value is -0.900. The minimum atomic E-state index is -0.784. The van der Waals surface area contributed by atoms with Gasteiger partial charge in [0, 0.05) is 6.61 Å². The number of nitrogens with two attached hydrogens (primary N) is 1. The van der Waals surface area contributed by atoms with Crippen LogP contribution in [0.2, 0.25) is 0 Å². The normalized spacial score (nSPS) is 14.5. The molecular weight excluding hydrogens is 214 g/mol. The van der Waals surface area contributed by atoms with Crippen LogP contribution in [0.1, 0.15) is 31.7 Å². The minimum Gasteiger partial charge on any atom is -0.394 e. The second-order valence-corrected chi connectivity index (χ2v) is 4.44. The molecule has 0 spiro atoms. The van der Waals surface area contributed by atoms with E-state index in [1.807, 2.05) is 30.3 Å². The molecule has 1 atom stereocenters. The van der Waals surface area contributed by atoms with Gasteiger partial charge in [-0.1, -0.05) is 50.1 Å². The lowest BCUT2D eigenvalue weighted by molar-refractivity contribution is 0.0517. The van der Waals surface area contributed by atoms with Gasteiger partial charge in [0.05, 0.1) is 18.8 Å². The maximum atomic E-state index is 9.44. The van der Waals surface area contributed by atoms with Crippen molar-refractivity contribution in [3.63, 3.8) is 0 Å². The number of rotatable bonds is 8. The summed E-state index contributed by atoms with van der Waals surface area (Å²) in [5.41, 5.74) is 6.29. The van der Waals surface area contributed by atoms with Crippen molar-refractivity contribution in [1.29, 1.82) is 0 Å². The van der Waals surface area contributed by atoms with Crippen molar-refractivity contribution >= 4 is 0 Å². The number of ether oxygens (including phenoxy) is 1. The van der Waals surface area contributed by atoms with Crippen LogP contribution in [0.25, 0.3) is 0 Å². The van der Waals surface area contributed by atoms with Gasteiger partial charge in [0.25, 0.3) is 0 Å². The Morgan fingerprint density at radius 3 is 2.53 bits per heavy atom. The first-order valence-electron chi connectivity index (χ1n) is 6.26. The first-order valence-corrected chi connectivity index (χ1v) is 6.26. The zero-order valence-electron chi connectivity index (χ0n) is 10.6. The molecule has 0 aliphatic carbocycles. The van der Waals surface area contributed by atoms with E-state index in [1.165, 1.54) is 12.8 Å². The largest absolute Gasteiger partial charge is 0.394 e. The van der Waals surface area contributed by atoms with Gasteiger partial charge >= 0.3 is 0 Å². The number of benzene rings is 1. The average Bonchev–Trinajstić information content (AvgIpc) is 2.39. The third kappa shape index (κ3) is 4.46. The molecule has 1 aromatic rings. The van der Waals surface area contributed by atoms with Crippen LogP contribution in [0.3, 0.4) is 0 Å². The smallest absolute Gasteiger partial charge is 0.0881 e. The lowest BCUT2D eigenvalue weighted by atomic mass is 9.93. The zero-order valence-corrected chi connectivity index (χ0v) is 10.6. The van der Waals surface area contributed by atoms with E-state index >= 15 is 0 Å². The molecule has 0 aliphatic rings. The number of aliphatic hydroxyl groups is 1. The van der Waals surface area contributed by atoms with Crippen LogP contribution in [0, 0.1) is 0 Å². The first-order chi connectivity index (χ1) is 8.23. The lowest BCUT2D eigenvalue weighted by Gasteiger charge is -2.27. The highest BCUT2D eigenvalue weighted by atomic mass is 16.5. The summed E-state index contributed by atoms with van der Waals surface area (Å²) in [7, 11) is 0. The number of hydrogen-bond donors (Lipinski definition) is 2. The van der Waals surface area contributed by atoms with Gasteiger partial charge in [0.1, 0.15) is 0 Å². The average molecular weight is 237 g/mol. The SMILES string of the molecule is CCCCCOCC(N)(CO)c1ccccc1. The molecule has 96 valence electrons. The molecule has 0 amide bonds. The predicted molar refractivity (Wildman–Crippen MR) is 69.7 cm³/mol. The van der Waals surface area contributed by atoms with Gasteiger partial charge < -0.3 is 15.6 Å². The summed E-state index contributed by atoms with van der Waals surface area (Å²) in [4.78, 5) is 0. The van der Waals surface area contributed by atoms with E-state index in [2.05, 4.69) is 6.92 Å². The highest BCUT2D eigenvalue weighted by Crippen LogP contribution is 2.18. The lowest BCUT2D eigenvalue weighted by Crippen LogP contribution is -2.45. The summed E-state index contributed by atoms with van der Waals surface area (Å²) >= 11 is 0. The van der Waals surface area contributed by atoms with Gasteiger partial charge in [0.2, 0.25) is 0 Å². The van der Waals surface area contributed by atoms with Crippen molar-refractivity contribution in [2.45, 2.75) is 31.7 Å². The summed E-state index contributed by atoms with van der Waals surface area (Å²) in [6.07, 6.45) is 3.39. The van der Waals surface area contributed by atoms with Crippen molar-refractivity contribution in [2.24, 2.45) is 5.73 Å². The molecule has 3 heteroatoms. The Morgan fingerprint density at radius 1 is 1.24 bits per heavy atom. The van der Waals surface area contributed by atoms with Crippen molar-refractivity contribution in [1.82, 2.24) is 0 Å². The fourth-order valence-electron chi connectivity index (χ4n) is 1.70. The number of hydrogen-bond acceptors (Lipinski definition) is 3. The van der Waals surface area contributed by atoms with Crippen LogP contribution in [0.4, 0.5) is 0 Å². The van der Waals surface area contributed by atoms with Gasteiger partial charge in [0.15, 0.2) is 0 Å². The molecule has 3 N–H and O–H groups in total. The van der Waals surface area contributed by atoms with Gasteiger partial charge in [-0.25, -0.2) is 0 Å². The van der Waals surface area contributed by atoms with Crippen molar-refractivity contribution in [3.8, 4) is 0 Å². The van der Waals surface area contributed by atoms with Gasteiger partial charge in [-0.15, -0.1) is 0 Å². The molecule has 0 aromatic heterocycles. The standard InChI is InChI=1S/C14H23NO2/c1-2-3-7-10-17-12-14(15,11-16)13-8-5-4-6-9-13/h4-6,8-9,16H,2-3,7,10-12,15H2,1H3. The van der Waals surface area contributed by atoms with E-state index in [4.69, 9.17) is 10.5 Å². The molecule has 0 saturated carbocycles. The predicted octanol–water partition coefficient (Wildman–Crippen LogP) is 2.04. The minimum absolute atomic E-state index is 0.106. The van der Waals surface area contributed by atoms with Gasteiger partial charge in [-0.3, -0.25) is 0 Å². The van der Waals surface area contributed by atoms with Crippen molar-refractivity contribution in [3.05, 3.63) is 35.9 Å². The Balaban J connectivity index is 2.46. The highest BCUT2D eigenvalue weighted by molar-refractivity contribution is 5.24.